The molecule has 0 bridgehead atoms. The highest BCUT2D eigenvalue weighted by Gasteiger charge is 2.41. The third-order valence-electron chi connectivity index (χ3n) is 3.56. The minimum Gasteiger partial charge on any atom is -0.376 e. The van der Waals surface area contributed by atoms with E-state index < -0.39 is 11.6 Å². The van der Waals surface area contributed by atoms with Crippen molar-refractivity contribution in [2.24, 2.45) is 5.73 Å². The molecule has 88 valence electrons. The number of rotatable bonds is 3. The van der Waals surface area contributed by atoms with Gasteiger partial charge in [0, 0.05) is 18.9 Å². The second kappa shape index (κ2) is 4.47. The molecule has 0 amide bonds. The number of pyridine rings is 1. The third-order valence-corrected chi connectivity index (χ3v) is 3.56. The Morgan fingerprint density at radius 3 is 2.75 bits per heavy atom. The van der Waals surface area contributed by atoms with E-state index in [2.05, 4.69) is 4.98 Å². The van der Waals surface area contributed by atoms with Gasteiger partial charge in [0.1, 0.15) is 5.82 Å². The molecule has 16 heavy (non-hydrogen) atoms. The number of halogens is 1. The quantitative estimate of drug-likeness (QED) is 0.856. The summed E-state index contributed by atoms with van der Waals surface area (Å²) in [6.07, 6.45) is 6.74. The summed E-state index contributed by atoms with van der Waals surface area (Å²) >= 11 is 0. The van der Waals surface area contributed by atoms with Crippen LogP contribution in [0.4, 0.5) is 4.39 Å². The fourth-order valence-electron chi connectivity index (χ4n) is 2.54. The van der Waals surface area contributed by atoms with Crippen molar-refractivity contribution in [3.8, 4) is 0 Å². The Hall–Kier alpha value is -1.00. The third kappa shape index (κ3) is 1.83. The summed E-state index contributed by atoms with van der Waals surface area (Å²) in [6.45, 7) is 0. The van der Waals surface area contributed by atoms with Crippen LogP contribution in [0.15, 0.2) is 18.5 Å². The lowest BCUT2D eigenvalue weighted by Crippen LogP contribution is -2.41. The van der Waals surface area contributed by atoms with Crippen LogP contribution >= 0.6 is 0 Å². The average Bonchev–Trinajstić information content (AvgIpc) is 2.78. The number of ether oxygens (including phenoxy) is 1. The molecule has 1 saturated carbocycles. The summed E-state index contributed by atoms with van der Waals surface area (Å²) in [5.74, 6) is -0.349. The molecule has 0 radical (unpaired) electrons. The van der Waals surface area contributed by atoms with Gasteiger partial charge in [0.2, 0.25) is 0 Å². The predicted octanol–water partition coefficient (Wildman–Crippen LogP) is 2.18. The van der Waals surface area contributed by atoms with E-state index in [1.165, 1.54) is 6.20 Å². The predicted molar refractivity (Wildman–Crippen MR) is 59.3 cm³/mol. The van der Waals surface area contributed by atoms with Crippen molar-refractivity contribution in [1.29, 1.82) is 0 Å². The fourth-order valence-corrected chi connectivity index (χ4v) is 2.54. The van der Waals surface area contributed by atoms with Gasteiger partial charge in [-0.2, -0.15) is 0 Å². The number of nitrogens with two attached hydrogens (primary N) is 1. The Bertz CT molecular complexity index is 364. The van der Waals surface area contributed by atoms with Crippen molar-refractivity contribution in [2.75, 3.05) is 7.11 Å². The minimum absolute atomic E-state index is 0.349. The zero-order valence-electron chi connectivity index (χ0n) is 9.45. The summed E-state index contributed by atoms with van der Waals surface area (Å²) in [4.78, 5) is 3.73. The van der Waals surface area contributed by atoms with Crippen molar-refractivity contribution < 1.29 is 9.13 Å². The molecule has 1 atom stereocenters. The second-order valence-corrected chi connectivity index (χ2v) is 4.35. The number of hydrogen-bond acceptors (Lipinski definition) is 3. The molecule has 2 rings (SSSR count). The van der Waals surface area contributed by atoms with E-state index in [0.717, 1.165) is 25.7 Å². The Balaban J connectivity index is 2.30. The van der Waals surface area contributed by atoms with E-state index >= 15 is 0 Å². The zero-order valence-corrected chi connectivity index (χ0v) is 9.45. The average molecular weight is 224 g/mol. The van der Waals surface area contributed by atoms with Gasteiger partial charge in [0.15, 0.2) is 0 Å². The molecule has 1 aromatic rings. The first kappa shape index (κ1) is 11.5. The highest BCUT2D eigenvalue weighted by Crippen LogP contribution is 2.41. The molecular weight excluding hydrogens is 207 g/mol. The van der Waals surface area contributed by atoms with Crippen LogP contribution in [0.5, 0.6) is 0 Å². The van der Waals surface area contributed by atoms with Crippen molar-refractivity contribution in [3.05, 3.63) is 29.8 Å². The highest BCUT2D eigenvalue weighted by molar-refractivity contribution is 5.21. The first-order valence-electron chi connectivity index (χ1n) is 5.60. The molecule has 1 fully saturated rings. The molecule has 1 aliphatic carbocycles. The van der Waals surface area contributed by atoms with Gasteiger partial charge in [-0.25, -0.2) is 4.39 Å². The van der Waals surface area contributed by atoms with Crippen LogP contribution in [0.25, 0.3) is 0 Å². The zero-order chi connectivity index (χ0) is 11.6. The van der Waals surface area contributed by atoms with Crippen LogP contribution in [0.1, 0.15) is 37.3 Å². The Kier molecular flexibility index (Phi) is 3.21. The molecule has 2 N–H and O–H groups in total. The van der Waals surface area contributed by atoms with Gasteiger partial charge < -0.3 is 10.5 Å². The number of aromatic nitrogens is 1. The van der Waals surface area contributed by atoms with Gasteiger partial charge >= 0.3 is 0 Å². The lowest BCUT2D eigenvalue weighted by molar-refractivity contribution is -0.0272. The van der Waals surface area contributed by atoms with E-state index in [9.17, 15) is 4.39 Å². The summed E-state index contributed by atoms with van der Waals surface area (Å²) in [5, 5.41) is 0. The number of methoxy groups -OCH3 is 1. The molecule has 4 heteroatoms. The van der Waals surface area contributed by atoms with Gasteiger partial charge in [-0.1, -0.05) is 12.8 Å². The summed E-state index contributed by atoms with van der Waals surface area (Å²) in [5.41, 5.74) is 6.25. The Labute approximate surface area is 94.8 Å². The van der Waals surface area contributed by atoms with Crippen LogP contribution in [0, 0.1) is 5.82 Å². The molecule has 3 nitrogen and oxygen atoms in total. The lowest BCUT2D eigenvalue weighted by atomic mass is 9.87. The van der Waals surface area contributed by atoms with Gasteiger partial charge in [0.05, 0.1) is 17.8 Å². The van der Waals surface area contributed by atoms with E-state index in [0.29, 0.717) is 5.56 Å². The van der Waals surface area contributed by atoms with Crippen molar-refractivity contribution in [1.82, 2.24) is 4.98 Å². The molecule has 0 saturated heterocycles. The lowest BCUT2D eigenvalue weighted by Gasteiger charge is -2.34. The van der Waals surface area contributed by atoms with E-state index in [1.807, 2.05) is 0 Å². The van der Waals surface area contributed by atoms with Crippen LogP contribution in [0.3, 0.4) is 0 Å². The van der Waals surface area contributed by atoms with Crippen LogP contribution in [-0.4, -0.2) is 17.7 Å². The minimum atomic E-state index is -0.414. The largest absolute Gasteiger partial charge is 0.376 e. The number of hydrogen-bond donors (Lipinski definition) is 1. The molecule has 0 aromatic carbocycles. The van der Waals surface area contributed by atoms with Gasteiger partial charge in [0.25, 0.3) is 0 Å². The SMILES string of the molecule is COC1(C(N)c2ccncc2F)CCCC1. The summed E-state index contributed by atoms with van der Waals surface area (Å²) in [6, 6.07) is 1.22. The molecular formula is C12H17FN2O. The van der Waals surface area contributed by atoms with E-state index in [1.54, 1.807) is 19.4 Å². The highest BCUT2D eigenvalue weighted by atomic mass is 19.1. The summed E-state index contributed by atoms with van der Waals surface area (Å²) < 4.78 is 19.2. The molecule has 0 spiro atoms. The molecule has 0 aliphatic heterocycles. The first-order valence-corrected chi connectivity index (χ1v) is 5.60. The van der Waals surface area contributed by atoms with Gasteiger partial charge in [-0.15, -0.1) is 0 Å². The van der Waals surface area contributed by atoms with E-state index in [4.69, 9.17) is 10.5 Å². The van der Waals surface area contributed by atoms with Crippen molar-refractivity contribution in [2.45, 2.75) is 37.3 Å². The molecule has 1 heterocycles. The maximum Gasteiger partial charge on any atom is 0.146 e. The van der Waals surface area contributed by atoms with Crippen LogP contribution in [-0.2, 0) is 4.74 Å². The van der Waals surface area contributed by atoms with Gasteiger partial charge in [-0.05, 0) is 18.9 Å². The van der Waals surface area contributed by atoms with Crippen LogP contribution in [0.2, 0.25) is 0 Å². The molecule has 1 unspecified atom stereocenters. The normalized spacial score (nSPS) is 20.9. The number of nitrogens with zero attached hydrogens (tertiary/aromatic N) is 1. The molecule has 1 aliphatic rings. The van der Waals surface area contributed by atoms with E-state index in [-0.39, 0.29) is 5.82 Å². The monoisotopic (exact) mass is 224 g/mol. The Morgan fingerprint density at radius 1 is 1.50 bits per heavy atom. The van der Waals surface area contributed by atoms with Crippen LogP contribution < -0.4 is 5.73 Å². The topological polar surface area (TPSA) is 48.1 Å². The van der Waals surface area contributed by atoms with Crippen molar-refractivity contribution in [3.63, 3.8) is 0 Å². The standard InChI is InChI=1S/C12H17FN2O/c1-16-12(5-2-3-6-12)11(14)9-4-7-15-8-10(9)13/h4,7-8,11H,2-3,5-6,14H2,1H3. The van der Waals surface area contributed by atoms with Crippen molar-refractivity contribution >= 4 is 0 Å². The smallest absolute Gasteiger partial charge is 0.146 e. The Morgan fingerprint density at radius 2 is 2.19 bits per heavy atom. The first-order chi connectivity index (χ1) is 7.69. The fraction of sp³-hybridized carbons (Fsp3) is 0.583. The molecule has 1 aromatic heterocycles. The second-order valence-electron chi connectivity index (χ2n) is 4.35. The summed E-state index contributed by atoms with van der Waals surface area (Å²) in [7, 11) is 1.66. The maximum absolute atomic E-state index is 13.6. The van der Waals surface area contributed by atoms with Gasteiger partial charge in [-0.3, -0.25) is 4.98 Å². The maximum atomic E-state index is 13.6.